The molecule has 0 bridgehead atoms. The first-order chi connectivity index (χ1) is 12.2. The predicted octanol–water partition coefficient (Wildman–Crippen LogP) is 4.01. The fourth-order valence-corrected chi connectivity index (χ4v) is 2.38. The van der Waals surface area contributed by atoms with E-state index < -0.39 is 17.8 Å². The summed E-state index contributed by atoms with van der Waals surface area (Å²) in [6, 6.07) is 8.38. The molecule has 1 saturated carbocycles. The van der Waals surface area contributed by atoms with Gasteiger partial charge >= 0.3 is 6.18 Å². The molecule has 1 fully saturated rings. The van der Waals surface area contributed by atoms with Crippen LogP contribution < -0.4 is 10.6 Å². The highest BCUT2D eigenvalue weighted by Gasteiger charge is 2.33. The average molecular weight is 363 g/mol. The van der Waals surface area contributed by atoms with Crippen LogP contribution in [-0.2, 0) is 11.0 Å². The van der Waals surface area contributed by atoms with Gasteiger partial charge in [-0.3, -0.25) is 9.59 Å². The van der Waals surface area contributed by atoms with Crippen molar-refractivity contribution in [1.29, 1.82) is 0 Å². The molecular formula is C18H16F3N3O2. The van der Waals surface area contributed by atoms with E-state index in [9.17, 15) is 22.8 Å². The first-order valence-electron chi connectivity index (χ1n) is 8.01. The minimum atomic E-state index is -4.56. The van der Waals surface area contributed by atoms with Gasteiger partial charge in [0.05, 0.1) is 11.3 Å². The topological polar surface area (TPSA) is 71.1 Å². The van der Waals surface area contributed by atoms with Gasteiger partial charge in [0, 0.05) is 17.3 Å². The number of nitrogens with one attached hydrogen (secondary N) is 2. The summed E-state index contributed by atoms with van der Waals surface area (Å²) in [7, 11) is 0. The Morgan fingerprint density at radius 3 is 2.08 bits per heavy atom. The summed E-state index contributed by atoms with van der Waals surface area (Å²) in [5, 5.41) is 5.38. The van der Waals surface area contributed by atoms with Gasteiger partial charge in [-0.05, 0) is 56.2 Å². The molecule has 1 aliphatic rings. The van der Waals surface area contributed by atoms with Gasteiger partial charge < -0.3 is 10.6 Å². The molecular weight excluding hydrogens is 347 g/mol. The number of hydrogen-bond donors (Lipinski definition) is 2. The molecule has 0 aliphatic heterocycles. The van der Waals surface area contributed by atoms with E-state index in [2.05, 4.69) is 15.6 Å². The highest BCUT2D eigenvalue weighted by atomic mass is 19.4. The molecule has 1 aromatic carbocycles. The van der Waals surface area contributed by atoms with Crippen LogP contribution in [0.15, 0.2) is 36.4 Å². The molecule has 2 amide bonds. The minimum Gasteiger partial charge on any atom is -0.326 e. The Hall–Kier alpha value is -2.90. The minimum absolute atomic E-state index is 0.00866. The van der Waals surface area contributed by atoms with E-state index >= 15 is 0 Å². The fourth-order valence-electron chi connectivity index (χ4n) is 2.38. The average Bonchev–Trinajstić information content (AvgIpc) is 3.40. The summed E-state index contributed by atoms with van der Waals surface area (Å²) in [6.07, 6.45) is -2.75. The number of alkyl halides is 3. The van der Waals surface area contributed by atoms with Crippen molar-refractivity contribution in [3.05, 3.63) is 53.3 Å². The summed E-state index contributed by atoms with van der Waals surface area (Å²) in [4.78, 5) is 27.4. The second-order valence-corrected chi connectivity index (χ2v) is 6.12. The number of aryl methyl sites for hydroxylation is 1. The third kappa shape index (κ3) is 4.19. The van der Waals surface area contributed by atoms with Crippen LogP contribution in [0.5, 0.6) is 0 Å². The quantitative estimate of drug-likeness (QED) is 0.862. The van der Waals surface area contributed by atoms with E-state index in [0.29, 0.717) is 11.4 Å². The molecule has 0 radical (unpaired) electrons. The number of carbonyl (C=O) groups is 2. The van der Waals surface area contributed by atoms with Crippen molar-refractivity contribution < 1.29 is 22.8 Å². The van der Waals surface area contributed by atoms with E-state index in [1.165, 1.54) is 6.92 Å². The zero-order valence-electron chi connectivity index (χ0n) is 13.9. The number of hydrogen-bond acceptors (Lipinski definition) is 3. The van der Waals surface area contributed by atoms with Crippen molar-refractivity contribution >= 4 is 23.2 Å². The lowest BCUT2D eigenvalue weighted by molar-refractivity contribution is -0.141. The van der Waals surface area contributed by atoms with Crippen LogP contribution >= 0.6 is 0 Å². The number of aromatic nitrogens is 1. The summed E-state index contributed by atoms with van der Waals surface area (Å²) in [5.41, 5.74) is 0.0862. The van der Waals surface area contributed by atoms with Crippen LogP contribution in [0.25, 0.3) is 0 Å². The highest BCUT2D eigenvalue weighted by molar-refractivity contribution is 6.05. The normalized spacial score (nSPS) is 14.0. The van der Waals surface area contributed by atoms with Crippen molar-refractivity contribution in [3.63, 3.8) is 0 Å². The maximum absolute atomic E-state index is 12.6. The van der Waals surface area contributed by atoms with Gasteiger partial charge in [-0.15, -0.1) is 0 Å². The maximum atomic E-state index is 12.6. The van der Waals surface area contributed by atoms with E-state index in [4.69, 9.17) is 0 Å². The second-order valence-electron chi connectivity index (χ2n) is 6.12. The van der Waals surface area contributed by atoms with Gasteiger partial charge in [-0.1, -0.05) is 0 Å². The van der Waals surface area contributed by atoms with Crippen LogP contribution in [0, 0.1) is 12.8 Å². The third-order valence-corrected chi connectivity index (χ3v) is 3.98. The number of amides is 2. The number of benzene rings is 1. The zero-order chi connectivity index (χ0) is 18.9. The fraction of sp³-hybridized carbons (Fsp3) is 0.278. The lowest BCUT2D eigenvalue weighted by Gasteiger charge is -2.11. The molecule has 0 unspecified atom stereocenters. The summed E-state index contributed by atoms with van der Waals surface area (Å²) in [6.45, 7) is 1.35. The Morgan fingerprint density at radius 1 is 1.00 bits per heavy atom. The molecule has 26 heavy (non-hydrogen) atoms. The number of rotatable bonds is 4. The maximum Gasteiger partial charge on any atom is 0.433 e. The van der Waals surface area contributed by atoms with Gasteiger partial charge in [-0.25, -0.2) is 4.98 Å². The Kier molecular flexibility index (Phi) is 4.67. The Labute approximate surface area is 147 Å². The van der Waals surface area contributed by atoms with Crippen LogP contribution in [0.2, 0.25) is 0 Å². The zero-order valence-corrected chi connectivity index (χ0v) is 13.9. The van der Waals surface area contributed by atoms with Crippen molar-refractivity contribution in [2.24, 2.45) is 5.92 Å². The molecule has 136 valence electrons. The number of nitrogens with zero attached hydrogens (tertiary/aromatic N) is 1. The van der Waals surface area contributed by atoms with Gasteiger partial charge in [0.25, 0.3) is 5.91 Å². The molecule has 1 aliphatic carbocycles. The second kappa shape index (κ2) is 6.78. The standard InChI is InChI=1S/C18H16F3N3O2/c1-10-14(8-9-15(22-10)18(19,20)21)17(26)24-13-6-4-12(5-7-13)23-16(25)11-2-3-11/h4-9,11H,2-3H2,1H3,(H,23,25)(H,24,26). The van der Waals surface area contributed by atoms with E-state index in [-0.39, 0.29) is 23.1 Å². The van der Waals surface area contributed by atoms with Crippen molar-refractivity contribution in [1.82, 2.24) is 4.98 Å². The lowest BCUT2D eigenvalue weighted by Crippen LogP contribution is -2.17. The van der Waals surface area contributed by atoms with Gasteiger partial charge in [0.2, 0.25) is 5.91 Å². The Bertz CT molecular complexity index is 844. The molecule has 0 saturated heterocycles. The lowest BCUT2D eigenvalue weighted by atomic mass is 10.1. The van der Waals surface area contributed by atoms with Crippen molar-refractivity contribution in [3.8, 4) is 0 Å². The molecule has 2 aromatic rings. The number of halogens is 3. The molecule has 1 heterocycles. The third-order valence-electron chi connectivity index (χ3n) is 3.98. The van der Waals surface area contributed by atoms with E-state index in [1.807, 2.05) is 0 Å². The van der Waals surface area contributed by atoms with Crippen LogP contribution in [0.1, 0.15) is 34.6 Å². The van der Waals surface area contributed by atoms with Crippen LogP contribution in [0.3, 0.4) is 0 Å². The largest absolute Gasteiger partial charge is 0.433 e. The molecule has 0 atom stereocenters. The van der Waals surface area contributed by atoms with Crippen molar-refractivity contribution in [2.75, 3.05) is 10.6 Å². The van der Waals surface area contributed by atoms with Gasteiger partial charge in [0.1, 0.15) is 5.69 Å². The molecule has 3 rings (SSSR count). The molecule has 2 N–H and O–H groups in total. The first-order valence-corrected chi connectivity index (χ1v) is 8.01. The number of pyridine rings is 1. The van der Waals surface area contributed by atoms with Crippen LogP contribution in [-0.4, -0.2) is 16.8 Å². The molecule has 1 aromatic heterocycles. The smallest absolute Gasteiger partial charge is 0.326 e. The van der Waals surface area contributed by atoms with E-state index in [1.54, 1.807) is 24.3 Å². The molecule has 0 spiro atoms. The number of carbonyl (C=O) groups excluding carboxylic acids is 2. The summed E-state index contributed by atoms with van der Waals surface area (Å²) >= 11 is 0. The van der Waals surface area contributed by atoms with Gasteiger partial charge in [-0.2, -0.15) is 13.2 Å². The van der Waals surface area contributed by atoms with Crippen LogP contribution in [0.4, 0.5) is 24.5 Å². The predicted molar refractivity (Wildman–Crippen MR) is 89.7 cm³/mol. The number of anilines is 2. The highest BCUT2D eigenvalue weighted by Crippen LogP contribution is 2.30. The first kappa shape index (κ1) is 17.9. The SMILES string of the molecule is Cc1nc(C(F)(F)F)ccc1C(=O)Nc1ccc(NC(=O)C2CC2)cc1. The summed E-state index contributed by atoms with van der Waals surface area (Å²) in [5.74, 6) is -0.490. The van der Waals surface area contributed by atoms with Crippen molar-refractivity contribution in [2.45, 2.75) is 25.9 Å². The monoisotopic (exact) mass is 363 g/mol. The van der Waals surface area contributed by atoms with Gasteiger partial charge in [0.15, 0.2) is 0 Å². The molecule has 5 nitrogen and oxygen atoms in total. The van der Waals surface area contributed by atoms with E-state index in [0.717, 1.165) is 25.0 Å². The Morgan fingerprint density at radius 2 is 1.58 bits per heavy atom. The molecule has 8 heteroatoms. The Balaban J connectivity index is 1.66. The summed E-state index contributed by atoms with van der Waals surface area (Å²) < 4.78 is 37.9.